The highest BCUT2D eigenvalue weighted by atomic mass is 19.1. The van der Waals surface area contributed by atoms with E-state index in [0.717, 1.165) is 22.5 Å². The van der Waals surface area contributed by atoms with Crippen molar-refractivity contribution in [3.8, 4) is 16.9 Å². The number of aliphatic imine (C=N–C) groups is 1. The van der Waals surface area contributed by atoms with Crippen LogP contribution in [0.4, 0.5) is 10.2 Å². The quantitative estimate of drug-likeness (QED) is 0.455. The van der Waals surface area contributed by atoms with E-state index in [1.54, 1.807) is 18.3 Å². The molecule has 0 N–H and O–H groups in total. The van der Waals surface area contributed by atoms with E-state index in [1.165, 1.54) is 12.1 Å². The Morgan fingerprint density at radius 1 is 0.808 bits per heavy atom. The molecule has 0 saturated carbocycles. The third-order valence-electron chi connectivity index (χ3n) is 3.98. The molecule has 1 aromatic heterocycles. The largest absolute Gasteiger partial charge is 0.236 e. The fourth-order valence-corrected chi connectivity index (χ4v) is 2.66. The lowest BCUT2D eigenvalue weighted by Gasteiger charge is -2.03. The van der Waals surface area contributed by atoms with Crippen molar-refractivity contribution >= 4 is 12.0 Å². The Kier molecular flexibility index (Phi) is 4.39. The number of halogens is 1. The summed E-state index contributed by atoms with van der Waals surface area (Å²) in [6.07, 6.45) is 1.71. The van der Waals surface area contributed by atoms with Crippen LogP contribution < -0.4 is 0 Å². The zero-order chi connectivity index (χ0) is 17.8. The summed E-state index contributed by atoms with van der Waals surface area (Å²) in [4.78, 5) is 4.58. The number of para-hydroxylation sites is 1. The van der Waals surface area contributed by atoms with Gasteiger partial charge in [0, 0.05) is 17.8 Å². The van der Waals surface area contributed by atoms with Crippen LogP contribution in [0.1, 0.15) is 5.56 Å². The van der Waals surface area contributed by atoms with E-state index in [-0.39, 0.29) is 5.82 Å². The van der Waals surface area contributed by atoms with Gasteiger partial charge in [-0.05, 0) is 29.8 Å². The van der Waals surface area contributed by atoms with E-state index in [9.17, 15) is 4.39 Å². The maximum absolute atomic E-state index is 13.1. The molecule has 3 aromatic carbocycles. The Balaban J connectivity index is 1.76. The van der Waals surface area contributed by atoms with Crippen molar-refractivity contribution in [1.29, 1.82) is 0 Å². The topological polar surface area (TPSA) is 30.2 Å². The van der Waals surface area contributed by atoms with E-state index in [2.05, 4.69) is 4.99 Å². The van der Waals surface area contributed by atoms with Gasteiger partial charge in [-0.3, -0.25) is 0 Å². The fraction of sp³-hybridized carbons (Fsp3) is 0. The minimum atomic E-state index is -0.261. The molecule has 1 heterocycles. The summed E-state index contributed by atoms with van der Waals surface area (Å²) in [6, 6.07) is 28.0. The van der Waals surface area contributed by atoms with Gasteiger partial charge in [0.15, 0.2) is 5.82 Å². The summed E-state index contributed by atoms with van der Waals surface area (Å²) in [5.74, 6) is 0.446. The molecular weight excluding hydrogens is 325 g/mol. The van der Waals surface area contributed by atoms with Crippen LogP contribution in [-0.2, 0) is 0 Å². The van der Waals surface area contributed by atoms with Crippen LogP contribution in [0, 0.1) is 5.82 Å². The van der Waals surface area contributed by atoms with Gasteiger partial charge in [0.25, 0.3) is 0 Å². The van der Waals surface area contributed by atoms with Crippen molar-refractivity contribution in [2.24, 2.45) is 4.99 Å². The highest BCUT2D eigenvalue weighted by Crippen LogP contribution is 2.26. The number of hydrogen-bond donors (Lipinski definition) is 0. The van der Waals surface area contributed by atoms with Crippen molar-refractivity contribution in [3.05, 3.63) is 102 Å². The molecule has 4 heteroatoms. The first kappa shape index (κ1) is 16.0. The van der Waals surface area contributed by atoms with Crippen molar-refractivity contribution in [3.63, 3.8) is 0 Å². The fourth-order valence-electron chi connectivity index (χ4n) is 2.66. The van der Waals surface area contributed by atoms with Crippen LogP contribution in [0.15, 0.2) is 96.0 Å². The van der Waals surface area contributed by atoms with Gasteiger partial charge >= 0.3 is 0 Å². The Hall–Kier alpha value is -3.53. The average Bonchev–Trinajstić information content (AvgIpc) is 3.13. The normalized spacial score (nSPS) is 11.1. The van der Waals surface area contributed by atoms with Gasteiger partial charge in [-0.2, -0.15) is 5.10 Å². The Morgan fingerprint density at radius 3 is 2.15 bits per heavy atom. The van der Waals surface area contributed by atoms with Crippen LogP contribution >= 0.6 is 0 Å². The Morgan fingerprint density at radius 2 is 1.46 bits per heavy atom. The standard InChI is InChI=1S/C22H16FN3/c23-19-13-11-17(12-14-19)16-24-22-15-21(18-7-3-1-4-8-18)25-26(22)20-9-5-2-6-10-20/h1-16H. The predicted octanol–water partition coefficient (Wildman–Crippen LogP) is 5.43. The van der Waals surface area contributed by atoms with Gasteiger partial charge in [0.2, 0.25) is 0 Å². The molecule has 0 spiro atoms. The monoisotopic (exact) mass is 341 g/mol. The molecule has 0 aliphatic rings. The van der Waals surface area contributed by atoms with E-state index in [0.29, 0.717) is 5.82 Å². The van der Waals surface area contributed by atoms with Crippen LogP contribution in [-0.4, -0.2) is 16.0 Å². The van der Waals surface area contributed by atoms with E-state index < -0.39 is 0 Å². The highest BCUT2D eigenvalue weighted by Gasteiger charge is 2.10. The lowest BCUT2D eigenvalue weighted by atomic mass is 10.2. The molecule has 0 atom stereocenters. The molecule has 0 aliphatic carbocycles. The first-order valence-corrected chi connectivity index (χ1v) is 8.30. The summed E-state index contributed by atoms with van der Waals surface area (Å²) < 4.78 is 14.9. The van der Waals surface area contributed by atoms with Crippen LogP contribution in [0.2, 0.25) is 0 Å². The summed E-state index contributed by atoms with van der Waals surface area (Å²) in [5, 5.41) is 4.72. The lowest BCUT2D eigenvalue weighted by molar-refractivity contribution is 0.628. The minimum Gasteiger partial charge on any atom is -0.236 e. The van der Waals surface area contributed by atoms with Crippen LogP contribution in [0.25, 0.3) is 16.9 Å². The minimum absolute atomic E-state index is 0.261. The second-order valence-corrected chi connectivity index (χ2v) is 5.81. The van der Waals surface area contributed by atoms with E-state index >= 15 is 0 Å². The number of nitrogens with zero attached hydrogens (tertiary/aromatic N) is 3. The first-order valence-electron chi connectivity index (χ1n) is 8.30. The molecule has 3 nitrogen and oxygen atoms in total. The van der Waals surface area contributed by atoms with Gasteiger partial charge in [0.1, 0.15) is 5.82 Å². The smallest absolute Gasteiger partial charge is 0.156 e. The summed E-state index contributed by atoms with van der Waals surface area (Å²) in [6.45, 7) is 0. The molecule has 0 fully saturated rings. The average molecular weight is 341 g/mol. The van der Waals surface area contributed by atoms with Gasteiger partial charge in [0.05, 0.1) is 11.4 Å². The molecule has 0 bridgehead atoms. The zero-order valence-corrected chi connectivity index (χ0v) is 14.0. The number of rotatable bonds is 4. The SMILES string of the molecule is Fc1ccc(C=Nc2cc(-c3ccccc3)nn2-c2ccccc2)cc1. The van der Waals surface area contributed by atoms with Crippen molar-refractivity contribution in [1.82, 2.24) is 9.78 Å². The molecule has 26 heavy (non-hydrogen) atoms. The predicted molar refractivity (Wildman–Crippen MR) is 103 cm³/mol. The Bertz CT molecular complexity index is 1020. The first-order chi connectivity index (χ1) is 12.8. The van der Waals surface area contributed by atoms with Crippen molar-refractivity contribution < 1.29 is 4.39 Å². The van der Waals surface area contributed by atoms with Crippen LogP contribution in [0.5, 0.6) is 0 Å². The van der Waals surface area contributed by atoms with Gasteiger partial charge in [-0.15, -0.1) is 0 Å². The molecular formula is C22H16FN3. The maximum Gasteiger partial charge on any atom is 0.156 e. The third kappa shape index (κ3) is 3.44. The van der Waals surface area contributed by atoms with Gasteiger partial charge in [-0.25, -0.2) is 14.1 Å². The van der Waals surface area contributed by atoms with Crippen LogP contribution in [0.3, 0.4) is 0 Å². The molecule has 0 unspecified atom stereocenters. The summed E-state index contributed by atoms with van der Waals surface area (Å²) >= 11 is 0. The third-order valence-corrected chi connectivity index (χ3v) is 3.98. The second kappa shape index (κ2) is 7.15. The van der Waals surface area contributed by atoms with Crippen molar-refractivity contribution in [2.45, 2.75) is 0 Å². The highest BCUT2D eigenvalue weighted by molar-refractivity contribution is 5.82. The number of hydrogen-bond acceptors (Lipinski definition) is 2. The van der Waals surface area contributed by atoms with E-state index in [4.69, 9.17) is 5.10 Å². The Labute approximate surface area is 151 Å². The zero-order valence-electron chi connectivity index (χ0n) is 14.0. The summed E-state index contributed by atoms with van der Waals surface area (Å²) in [7, 11) is 0. The molecule has 0 amide bonds. The van der Waals surface area contributed by atoms with Gasteiger partial charge < -0.3 is 0 Å². The molecule has 4 rings (SSSR count). The van der Waals surface area contributed by atoms with Crippen molar-refractivity contribution in [2.75, 3.05) is 0 Å². The second-order valence-electron chi connectivity index (χ2n) is 5.81. The number of benzene rings is 3. The molecule has 4 aromatic rings. The molecule has 0 radical (unpaired) electrons. The maximum atomic E-state index is 13.1. The lowest BCUT2D eigenvalue weighted by Crippen LogP contribution is -1.96. The van der Waals surface area contributed by atoms with Gasteiger partial charge in [-0.1, -0.05) is 60.7 Å². The molecule has 0 saturated heterocycles. The number of aromatic nitrogens is 2. The molecule has 126 valence electrons. The summed E-state index contributed by atoms with van der Waals surface area (Å²) in [5.41, 5.74) is 3.63. The van der Waals surface area contributed by atoms with E-state index in [1.807, 2.05) is 71.4 Å². The molecule has 0 aliphatic heterocycles.